The van der Waals surface area contributed by atoms with E-state index in [4.69, 9.17) is 10.4 Å². The monoisotopic (exact) mass is 425 g/mol. The molecule has 0 spiro atoms. The van der Waals surface area contributed by atoms with Gasteiger partial charge in [0.25, 0.3) is 0 Å². The topological polar surface area (TPSA) is 124 Å². The van der Waals surface area contributed by atoms with Crippen LogP contribution >= 0.6 is 0 Å². The third kappa shape index (κ3) is 4.57. The molecule has 156 valence electrons. The molecule has 0 bridgehead atoms. The molecule has 1 heterocycles. The van der Waals surface area contributed by atoms with Crippen molar-refractivity contribution in [1.29, 1.82) is 5.41 Å². The van der Waals surface area contributed by atoms with E-state index in [1.165, 1.54) is 0 Å². The molecular formula is C21H23N5O3S. The van der Waals surface area contributed by atoms with Crippen LogP contribution < -0.4 is 15.4 Å². The molecule has 3 rings (SSSR count). The molecule has 4 N–H and O–H groups in total. The number of para-hydroxylation sites is 1. The molecule has 0 radical (unpaired) electrons. The van der Waals surface area contributed by atoms with Crippen molar-refractivity contribution < 1.29 is 13.2 Å². The van der Waals surface area contributed by atoms with Crippen LogP contribution in [-0.2, 0) is 14.8 Å². The number of sulfonamides is 1. The number of anilines is 2. The van der Waals surface area contributed by atoms with Crippen LogP contribution in [0.2, 0.25) is 0 Å². The first-order valence-electron chi connectivity index (χ1n) is 9.42. The Labute approximate surface area is 175 Å². The van der Waals surface area contributed by atoms with Gasteiger partial charge in [0.15, 0.2) is 5.96 Å². The Kier molecular flexibility index (Phi) is 6.31. The molecule has 0 saturated heterocycles. The lowest BCUT2D eigenvalue weighted by atomic mass is 10.1. The van der Waals surface area contributed by atoms with E-state index >= 15 is 0 Å². The van der Waals surface area contributed by atoms with E-state index in [-0.39, 0.29) is 5.96 Å². The van der Waals surface area contributed by atoms with E-state index in [1.54, 1.807) is 31.2 Å². The van der Waals surface area contributed by atoms with Crippen molar-refractivity contribution >= 4 is 44.7 Å². The van der Waals surface area contributed by atoms with Crippen molar-refractivity contribution in [3.05, 3.63) is 54.6 Å². The van der Waals surface area contributed by atoms with Gasteiger partial charge in [-0.25, -0.2) is 13.4 Å². The smallest absolute Gasteiger partial charge is 0.235 e. The van der Waals surface area contributed by atoms with E-state index in [1.807, 2.05) is 37.3 Å². The number of rotatable bonds is 7. The third-order valence-electron chi connectivity index (χ3n) is 4.73. The molecule has 0 fully saturated rings. The molecule has 1 aromatic heterocycles. The van der Waals surface area contributed by atoms with Gasteiger partial charge in [-0.2, -0.15) is 0 Å². The lowest BCUT2D eigenvalue weighted by Crippen LogP contribution is -2.28. The zero-order valence-corrected chi connectivity index (χ0v) is 17.5. The fraction of sp³-hybridized carbons (Fsp3) is 0.190. The molecule has 1 unspecified atom stereocenters. The molecule has 3 aromatic rings. The minimum Gasteiger partial charge on any atom is -0.325 e. The number of nitrogens with one attached hydrogen (secondary N) is 4. The van der Waals surface area contributed by atoms with Gasteiger partial charge in [-0.05, 0) is 25.5 Å². The van der Waals surface area contributed by atoms with Gasteiger partial charge in [-0.15, -0.1) is 0 Å². The van der Waals surface area contributed by atoms with Crippen molar-refractivity contribution in [3.8, 4) is 11.3 Å². The largest absolute Gasteiger partial charge is 0.325 e. The molecular weight excluding hydrogens is 402 g/mol. The van der Waals surface area contributed by atoms with Gasteiger partial charge in [0.1, 0.15) is 0 Å². The van der Waals surface area contributed by atoms with Gasteiger partial charge in [-0.1, -0.05) is 49.4 Å². The number of hydrogen-bond acceptors (Lipinski definition) is 5. The zero-order valence-electron chi connectivity index (χ0n) is 16.6. The fourth-order valence-electron chi connectivity index (χ4n) is 2.89. The fourth-order valence-corrected chi connectivity index (χ4v) is 4.01. The first kappa shape index (κ1) is 21.3. The molecule has 1 amide bonds. The molecule has 9 heteroatoms. The number of nitrogens with zero attached hydrogens (tertiary/aromatic N) is 1. The van der Waals surface area contributed by atoms with Crippen molar-refractivity contribution in [3.63, 3.8) is 0 Å². The summed E-state index contributed by atoms with van der Waals surface area (Å²) in [6.07, 6.45) is 0.882. The van der Waals surface area contributed by atoms with Crippen LogP contribution in [0.3, 0.4) is 0 Å². The summed E-state index contributed by atoms with van der Waals surface area (Å²) in [6, 6.07) is 16.3. The highest BCUT2D eigenvalue weighted by Gasteiger charge is 2.21. The Morgan fingerprint density at radius 1 is 1.13 bits per heavy atom. The predicted molar refractivity (Wildman–Crippen MR) is 120 cm³/mol. The van der Waals surface area contributed by atoms with Crippen LogP contribution in [0, 0.1) is 5.41 Å². The molecule has 0 saturated carbocycles. The summed E-state index contributed by atoms with van der Waals surface area (Å²) < 4.78 is 27.9. The Morgan fingerprint density at radius 3 is 2.53 bits per heavy atom. The average molecular weight is 426 g/mol. The lowest BCUT2D eigenvalue weighted by molar-refractivity contribution is -0.108. The standard InChI is InChI=1S/C21H23N5O3S/c1-3-14(2)30(28,29)26-17-11-7-10-16-19(25-21(22)23-13-27)12-18(24-20(16)17)15-8-5-4-6-9-15/h4-14,26H,3H2,1-2H3,(H3,22,23,24,25,27). The minimum atomic E-state index is -3.59. The zero-order chi connectivity index (χ0) is 21.7. The maximum Gasteiger partial charge on any atom is 0.235 e. The van der Waals surface area contributed by atoms with Crippen LogP contribution in [-0.4, -0.2) is 31.0 Å². The Balaban J connectivity index is 2.20. The van der Waals surface area contributed by atoms with E-state index in [9.17, 15) is 13.2 Å². The number of pyridine rings is 1. The van der Waals surface area contributed by atoms with Crippen molar-refractivity contribution in [2.24, 2.45) is 0 Å². The highest BCUT2D eigenvalue weighted by molar-refractivity contribution is 7.93. The third-order valence-corrected chi connectivity index (χ3v) is 6.63. The molecule has 1 atom stereocenters. The van der Waals surface area contributed by atoms with Crippen LogP contribution in [0.15, 0.2) is 54.6 Å². The van der Waals surface area contributed by atoms with Crippen molar-refractivity contribution in [2.45, 2.75) is 25.5 Å². The van der Waals surface area contributed by atoms with Gasteiger partial charge in [0, 0.05) is 10.9 Å². The van der Waals surface area contributed by atoms with Gasteiger partial charge < -0.3 is 5.32 Å². The second-order valence-corrected chi connectivity index (χ2v) is 8.85. The normalized spacial score (nSPS) is 12.2. The van der Waals surface area contributed by atoms with Gasteiger partial charge >= 0.3 is 0 Å². The maximum absolute atomic E-state index is 12.6. The van der Waals surface area contributed by atoms with Gasteiger partial charge in [0.2, 0.25) is 16.4 Å². The first-order chi connectivity index (χ1) is 14.4. The second-order valence-electron chi connectivity index (χ2n) is 6.75. The van der Waals surface area contributed by atoms with E-state index in [0.29, 0.717) is 40.8 Å². The predicted octanol–water partition coefficient (Wildman–Crippen LogP) is 3.53. The Morgan fingerprint density at radius 2 is 1.87 bits per heavy atom. The number of carbonyl (C=O) groups excluding carboxylic acids is 1. The number of hydrogen-bond donors (Lipinski definition) is 4. The Bertz CT molecular complexity index is 1180. The molecule has 0 aliphatic rings. The van der Waals surface area contributed by atoms with Gasteiger partial charge in [0.05, 0.1) is 27.8 Å². The molecule has 0 aliphatic carbocycles. The summed E-state index contributed by atoms with van der Waals surface area (Å²) in [4.78, 5) is 15.4. The summed E-state index contributed by atoms with van der Waals surface area (Å²) in [7, 11) is -3.59. The number of guanidine groups is 1. The highest BCUT2D eigenvalue weighted by atomic mass is 32.2. The SMILES string of the molecule is CCC(C)S(=O)(=O)Nc1cccc2c(NC(=N)NC=O)cc(-c3ccccc3)nc12. The number of amides is 1. The molecule has 2 aromatic carbocycles. The van der Waals surface area contributed by atoms with E-state index < -0.39 is 15.3 Å². The van der Waals surface area contributed by atoms with Gasteiger partial charge in [-0.3, -0.25) is 20.2 Å². The molecule has 30 heavy (non-hydrogen) atoms. The Hall–Kier alpha value is -3.46. The minimum absolute atomic E-state index is 0.206. The number of benzene rings is 2. The lowest BCUT2D eigenvalue weighted by Gasteiger charge is -2.17. The van der Waals surface area contributed by atoms with Crippen LogP contribution in [0.4, 0.5) is 11.4 Å². The summed E-state index contributed by atoms with van der Waals surface area (Å²) in [5.74, 6) is -0.206. The summed E-state index contributed by atoms with van der Waals surface area (Å²) >= 11 is 0. The van der Waals surface area contributed by atoms with Crippen molar-refractivity contribution in [2.75, 3.05) is 10.0 Å². The summed E-state index contributed by atoms with van der Waals surface area (Å²) in [5.41, 5.74) is 2.73. The average Bonchev–Trinajstić information content (AvgIpc) is 2.74. The van der Waals surface area contributed by atoms with E-state index in [2.05, 4.69) is 15.4 Å². The van der Waals surface area contributed by atoms with Crippen LogP contribution in [0.25, 0.3) is 22.2 Å². The van der Waals surface area contributed by atoms with Crippen molar-refractivity contribution in [1.82, 2.24) is 10.3 Å². The molecule has 0 aliphatic heterocycles. The number of carbonyl (C=O) groups is 1. The molecule has 8 nitrogen and oxygen atoms in total. The summed E-state index contributed by atoms with van der Waals surface area (Å²) in [5, 5.41) is 13.0. The summed E-state index contributed by atoms with van der Waals surface area (Å²) in [6.45, 7) is 3.46. The van der Waals surface area contributed by atoms with Crippen LogP contribution in [0.5, 0.6) is 0 Å². The van der Waals surface area contributed by atoms with E-state index in [0.717, 1.165) is 5.56 Å². The second kappa shape index (κ2) is 8.91. The number of fused-ring (bicyclic) bond motifs is 1. The highest BCUT2D eigenvalue weighted by Crippen LogP contribution is 2.33. The maximum atomic E-state index is 12.6. The van der Waals surface area contributed by atoms with Crippen LogP contribution in [0.1, 0.15) is 20.3 Å². The number of aromatic nitrogens is 1. The quantitative estimate of drug-likeness (QED) is 0.262. The first-order valence-corrected chi connectivity index (χ1v) is 11.0.